The zero-order valence-corrected chi connectivity index (χ0v) is 15.3. The van der Waals surface area contributed by atoms with Crippen LogP contribution in [0.25, 0.3) is 11.3 Å². The summed E-state index contributed by atoms with van der Waals surface area (Å²) in [5.74, 6) is 0.239. The number of carbonyl (C=O) groups excluding carboxylic acids is 1. The van der Waals surface area contributed by atoms with E-state index in [1.165, 1.54) is 23.1 Å². The fraction of sp³-hybridized carbons (Fsp3) is 0.133. The standard InChI is InChI=1S/C15H12ClN3OS3/c1-9-6-22-15(17-9)23-8-13(20)19-14-18-12(7-21-14)10-2-4-11(16)5-3-10/h2-7H,8H2,1H3,(H,18,19,20). The van der Waals surface area contributed by atoms with E-state index in [4.69, 9.17) is 11.6 Å². The second kappa shape index (κ2) is 7.44. The zero-order valence-electron chi connectivity index (χ0n) is 12.1. The molecule has 0 spiro atoms. The van der Waals surface area contributed by atoms with Crippen LogP contribution < -0.4 is 5.32 Å². The molecule has 2 aromatic heterocycles. The third-order valence-electron chi connectivity index (χ3n) is 2.82. The normalized spacial score (nSPS) is 10.7. The molecule has 2 heterocycles. The van der Waals surface area contributed by atoms with Gasteiger partial charge >= 0.3 is 0 Å². The first-order valence-corrected chi connectivity index (χ1v) is 9.79. The lowest BCUT2D eigenvalue weighted by molar-refractivity contribution is -0.113. The van der Waals surface area contributed by atoms with Gasteiger partial charge in [-0.1, -0.05) is 35.5 Å². The number of halogens is 1. The summed E-state index contributed by atoms with van der Waals surface area (Å²) in [4.78, 5) is 20.7. The van der Waals surface area contributed by atoms with E-state index < -0.39 is 0 Å². The molecule has 3 rings (SSSR count). The molecule has 4 nitrogen and oxygen atoms in total. The Morgan fingerprint density at radius 1 is 1.22 bits per heavy atom. The maximum Gasteiger partial charge on any atom is 0.236 e. The van der Waals surface area contributed by atoms with Gasteiger partial charge in [0.2, 0.25) is 5.91 Å². The topological polar surface area (TPSA) is 54.9 Å². The maximum absolute atomic E-state index is 12.0. The predicted molar refractivity (Wildman–Crippen MR) is 98.8 cm³/mol. The van der Waals surface area contributed by atoms with Crippen molar-refractivity contribution < 1.29 is 4.79 Å². The second-order valence-electron chi connectivity index (χ2n) is 4.64. The van der Waals surface area contributed by atoms with Crippen LogP contribution in [-0.2, 0) is 4.79 Å². The molecular formula is C15H12ClN3OS3. The van der Waals surface area contributed by atoms with Crippen LogP contribution in [0.1, 0.15) is 5.69 Å². The van der Waals surface area contributed by atoms with Gasteiger partial charge in [0.15, 0.2) is 9.47 Å². The molecule has 0 atom stereocenters. The molecule has 0 aliphatic rings. The first kappa shape index (κ1) is 16.4. The third kappa shape index (κ3) is 4.54. The van der Waals surface area contributed by atoms with E-state index in [0.29, 0.717) is 15.9 Å². The molecule has 3 aromatic rings. The van der Waals surface area contributed by atoms with Crippen molar-refractivity contribution in [3.63, 3.8) is 0 Å². The summed E-state index contributed by atoms with van der Waals surface area (Å²) >= 11 is 10.3. The molecule has 118 valence electrons. The van der Waals surface area contributed by atoms with Gasteiger partial charge in [0, 0.05) is 27.0 Å². The Balaban J connectivity index is 1.58. The molecule has 8 heteroatoms. The smallest absolute Gasteiger partial charge is 0.236 e. The minimum Gasteiger partial charge on any atom is -0.301 e. The number of carbonyl (C=O) groups is 1. The van der Waals surface area contributed by atoms with Gasteiger partial charge in [0.25, 0.3) is 0 Å². The fourth-order valence-corrected chi connectivity index (χ4v) is 4.28. The number of thiazole rings is 2. The van der Waals surface area contributed by atoms with Crippen LogP contribution in [0.15, 0.2) is 39.4 Å². The Morgan fingerprint density at radius 3 is 2.70 bits per heavy atom. The fourth-order valence-electron chi connectivity index (χ4n) is 1.77. The summed E-state index contributed by atoms with van der Waals surface area (Å²) in [7, 11) is 0. The number of anilines is 1. The Morgan fingerprint density at radius 2 is 2.00 bits per heavy atom. The van der Waals surface area contributed by atoms with Gasteiger partial charge in [-0.05, 0) is 19.1 Å². The lowest BCUT2D eigenvalue weighted by Gasteiger charge is -2.00. The van der Waals surface area contributed by atoms with Crippen molar-refractivity contribution >= 4 is 57.1 Å². The lowest BCUT2D eigenvalue weighted by Crippen LogP contribution is -2.13. The van der Waals surface area contributed by atoms with E-state index in [1.807, 2.05) is 41.9 Å². The molecule has 0 unspecified atom stereocenters. The number of aromatic nitrogens is 2. The van der Waals surface area contributed by atoms with Crippen molar-refractivity contribution in [3.05, 3.63) is 45.7 Å². The Labute approximate surface area is 150 Å². The van der Waals surface area contributed by atoms with Crippen LogP contribution in [0.3, 0.4) is 0 Å². The van der Waals surface area contributed by atoms with E-state index in [0.717, 1.165) is 21.3 Å². The number of benzene rings is 1. The molecule has 0 radical (unpaired) electrons. The molecule has 0 fully saturated rings. The number of rotatable bonds is 5. The highest BCUT2D eigenvalue weighted by molar-refractivity contribution is 8.01. The van der Waals surface area contributed by atoms with Crippen molar-refractivity contribution in [1.82, 2.24) is 9.97 Å². The van der Waals surface area contributed by atoms with Gasteiger partial charge in [-0.25, -0.2) is 9.97 Å². The molecule has 0 saturated heterocycles. The van der Waals surface area contributed by atoms with Crippen molar-refractivity contribution in [1.29, 1.82) is 0 Å². The van der Waals surface area contributed by atoms with Gasteiger partial charge in [0.1, 0.15) is 0 Å². The van der Waals surface area contributed by atoms with Gasteiger partial charge in [-0.2, -0.15) is 0 Å². The number of aryl methyl sites for hydroxylation is 1. The zero-order chi connectivity index (χ0) is 16.2. The molecule has 0 aliphatic carbocycles. The van der Waals surface area contributed by atoms with Crippen LogP contribution >= 0.6 is 46.0 Å². The molecular weight excluding hydrogens is 370 g/mol. The SMILES string of the molecule is Cc1csc(SCC(=O)Nc2nc(-c3ccc(Cl)cc3)cs2)n1. The van der Waals surface area contributed by atoms with Crippen molar-refractivity contribution in [2.75, 3.05) is 11.1 Å². The van der Waals surface area contributed by atoms with E-state index in [9.17, 15) is 4.79 Å². The van der Waals surface area contributed by atoms with Crippen molar-refractivity contribution in [2.24, 2.45) is 0 Å². The Bertz CT molecular complexity index is 813. The number of nitrogens with zero attached hydrogens (tertiary/aromatic N) is 2. The molecule has 23 heavy (non-hydrogen) atoms. The first-order valence-electron chi connectivity index (χ1n) is 6.66. The highest BCUT2D eigenvalue weighted by Gasteiger charge is 2.09. The minimum absolute atomic E-state index is 0.0835. The van der Waals surface area contributed by atoms with Crippen LogP contribution in [0, 0.1) is 6.92 Å². The monoisotopic (exact) mass is 381 g/mol. The quantitative estimate of drug-likeness (QED) is 0.634. The molecule has 0 bridgehead atoms. The van der Waals surface area contributed by atoms with E-state index in [1.54, 1.807) is 11.3 Å². The highest BCUT2D eigenvalue weighted by atomic mass is 35.5. The summed E-state index contributed by atoms with van der Waals surface area (Å²) in [6.07, 6.45) is 0. The third-order valence-corrected chi connectivity index (χ3v) is 5.96. The summed E-state index contributed by atoms with van der Waals surface area (Å²) in [5.41, 5.74) is 2.77. The molecule has 0 saturated carbocycles. The highest BCUT2D eigenvalue weighted by Crippen LogP contribution is 2.27. The average molecular weight is 382 g/mol. The second-order valence-corrected chi connectivity index (χ2v) is 8.01. The van der Waals surface area contributed by atoms with Gasteiger partial charge in [-0.15, -0.1) is 22.7 Å². The van der Waals surface area contributed by atoms with Crippen molar-refractivity contribution in [3.8, 4) is 11.3 Å². The van der Waals surface area contributed by atoms with Gasteiger partial charge < -0.3 is 5.32 Å². The van der Waals surface area contributed by atoms with E-state index in [-0.39, 0.29) is 5.91 Å². The number of nitrogens with one attached hydrogen (secondary N) is 1. The van der Waals surface area contributed by atoms with Crippen LogP contribution in [0.2, 0.25) is 5.02 Å². The molecule has 1 aromatic carbocycles. The predicted octanol–water partition coefficient (Wildman–Crippen LogP) is 4.96. The Kier molecular flexibility index (Phi) is 5.32. The van der Waals surface area contributed by atoms with Crippen LogP contribution in [0.5, 0.6) is 0 Å². The van der Waals surface area contributed by atoms with Gasteiger partial charge in [0.05, 0.1) is 11.4 Å². The summed E-state index contributed by atoms with van der Waals surface area (Å²) in [6.45, 7) is 1.94. The molecule has 0 aliphatic heterocycles. The largest absolute Gasteiger partial charge is 0.301 e. The summed E-state index contributed by atoms with van der Waals surface area (Å²) < 4.78 is 0.902. The molecule has 1 N–H and O–H groups in total. The van der Waals surface area contributed by atoms with E-state index >= 15 is 0 Å². The minimum atomic E-state index is -0.0835. The van der Waals surface area contributed by atoms with Crippen LogP contribution in [-0.4, -0.2) is 21.6 Å². The number of thioether (sulfide) groups is 1. The van der Waals surface area contributed by atoms with Crippen molar-refractivity contribution in [2.45, 2.75) is 11.3 Å². The maximum atomic E-state index is 12.0. The summed E-state index contributed by atoms with van der Waals surface area (Å²) in [5, 5.41) is 7.98. The number of amides is 1. The first-order chi connectivity index (χ1) is 11.1. The van der Waals surface area contributed by atoms with E-state index in [2.05, 4.69) is 15.3 Å². The van der Waals surface area contributed by atoms with Gasteiger partial charge in [-0.3, -0.25) is 4.79 Å². The number of hydrogen-bond acceptors (Lipinski definition) is 6. The number of hydrogen-bond donors (Lipinski definition) is 1. The lowest BCUT2D eigenvalue weighted by atomic mass is 10.2. The summed E-state index contributed by atoms with van der Waals surface area (Å²) in [6, 6.07) is 7.45. The molecule has 1 amide bonds. The average Bonchev–Trinajstić information content (AvgIpc) is 3.15. The Hall–Kier alpha value is -1.41. The van der Waals surface area contributed by atoms with Crippen LogP contribution in [0.4, 0.5) is 5.13 Å².